The van der Waals surface area contributed by atoms with Crippen LogP contribution in [-0.2, 0) is 4.79 Å². The largest absolute Gasteiger partial charge is 0.356 e. The van der Waals surface area contributed by atoms with Crippen LogP contribution in [0.25, 0.3) is 0 Å². The summed E-state index contributed by atoms with van der Waals surface area (Å²) in [5.41, 5.74) is -0.208. The number of amides is 1. The molecule has 6 nitrogen and oxygen atoms in total. The molecule has 0 fully saturated rings. The van der Waals surface area contributed by atoms with Crippen molar-refractivity contribution in [1.82, 2.24) is 20.9 Å². The molecule has 0 saturated heterocycles. The van der Waals surface area contributed by atoms with Crippen LogP contribution in [-0.4, -0.2) is 62.1 Å². The lowest BCUT2D eigenvalue weighted by atomic mass is 10.1. The highest BCUT2D eigenvalue weighted by Crippen LogP contribution is 1.97. The number of hydrogen-bond acceptors (Lipinski definition) is 3. The molecule has 0 aliphatic heterocycles. The number of nitrogens with one attached hydrogen (secondary N) is 3. The average molecular weight is 313 g/mol. The van der Waals surface area contributed by atoms with E-state index in [4.69, 9.17) is 0 Å². The van der Waals surface area contributed by atoms with Crippen LogP contribution in [0.15, 0.2) is 4.99 Å². The fraction of sp³-hybridized carbons (Fsp3) is 0.875. The van der Waals surface area contributed by atoms with Gasteiger partial charge >= 0.3 is 0 Å². The van der Waals surface area contributed by atoms with Crippen molar-refractivity contribution in [2.24, 2.45) is 4.99 Å². The molecule has 0 aliphatic rings. The number of aliphatic imine (C=N–C) groups is 1. The highest BCUT2D eigenvalue weighted by Gasteiger charge is 2.13. The third-order valence-corrected chi connectivity index (χ3v) is 3.24. The van der Waals surface area contributed by atoms with Gasteiger partial charge in [-0.1, -0.05) is 13.8 Å². The first-order chi connectivity index (χ1) is 10.3. The summed E-state index contributed by atoms with van der Waals surface area (Å²) in [5, 5.41) is 9.18. The second-order valence-electron chi connectivity index (χ2n) is 6.38. The topological polar surface area (TPSA) is 68.8 Å². The number of rotatable bonds is 9. The van der Waals surface area contributed by atoms with E-state index >= 15 is 0 Å². The predicted molar refractivity (Wildman–Crippen MR) is 94.3 cm³/mol. The Morgan fingerprint density at radius 1 is 1.09 bits per heavy atom. The second kappa shape index (κ2) is 11.3. The number of guanidine groups is 1. The number of hydrogen-bond donors (Lipinski definition) is 3. The van der Waals surface area contributed by atoms with Crippen LogP contribution < -0.4 is 16.0 Å². The first kappa shape index (κ1) is 20.7. The molecule has 0 aromatic carbocycles. The van der Waals surface area contributed by atoms with E-state index in [-0.39, 0.29) is 18.0 Å². The Bertz CT molecular complexity index is 332. The molecule has 0 aromatic heterocycles. The number of carbonyl (C=O) groups excluding carboxylic acids is 1. The Morgan fingerprint density at radius 3 is 2.23 bits per heavy atom. The van der Waals surface area contributed by atoms with Crippen LogP contribution in [0.4, 0.5) is 0 Å². The summed E-state index contributed by atoms with van der Waals surface area (Å²) in [7, 11) is 1.72. The molecule has 6 heteroatoms. The average Bonchev–Trinajstić information content (AvgIpc) is 2.44. The van der Waals surface area contributed by atoms with Crippen molar-refractivity contribution >= 4 is 11.9 Å². The fourth-order valence-electron chi connectivity index (χ4n) is 2.05. The molecule has 0 unspecified atom stereocenters. The van der Waals surface area contributed by atoms with Gasteiger partial charge < -0.3 is 20.9 Å². The van der Waals surface area contributed by atoms with E-state index in [0.717, 1.165) is 39.0 Å². The number of nitrogens with zero attached hydrogens (tertiary/aromatic N) is 2. The maximum absolute atomic E-state index is 11.7. The van der Waals surface area contributed by atoms with Crippen LogP contribution in [0.5, 0.6) is 0 Å². The van der Waals surface area contributed by atoms with Gasteiger partial charge in [0.15, 0.2) is 5.96 Å². The third-order valence-electron chi connectivity index (χ3n) is 3.24. The summed E-state index contributed by atoms with van der Waals surface area (Å²) >= 11 is 0. The lowest BCUT2D eigenvalue weighted by molar-refractivity contribution is -0.121. The maximum Gasteiger partial charge on any atom is 0.239 e. The molecule has 130 valence electrons. The SMILES string of the molecule is CCN(CC)CCCCNC(=NC)NCC(=O)NC(C)(C)C. The summed E-state index contributed by atoms with van der Waals surface area (Å²) < 4.78 is 0. The lowest BCUT2D eigenvalue weighted by Gasteiger charge is -2.21. The minimum absolute atomic E-state index is 0.0306. The molecule has 3 N–H and O–H groups in total. The van der Waals surface area contributed by atoms with Crippen LogP contribution in [0.3, 0.4) is 0 Å². The summed E-state index contributed by atoms with van der Waals surface area (Å²) in [4.78, 5) is 18.3. The summed E-state index contributed by atoms with van der Waals surface area (Å²) in [6, 6.07) is 0. The van der Waals surface area contributed by atoms with Gasteiger partial charge in [0.2, 0.25) is 5.91 Å². The standard InChI is InChI=1S/C16H35N5O/c1-7-21(8-2)12-10-9-11-18-15(17-6)19-13-14(22)20-16(3,4)5/h7-13H2,1-6H3,(H,20,22)(H2,17,18,19). The minimum atomic E-state index is -0.208. The zero-order valence-corrected chi connectivity index (χ0v) is 15.3. The van der Waals surface area contributed by atoms with Gasteiger partial charge in [0.1, 0.15) is 0 Å². The molecule has 0 aromatic rings. The molecule has 0 saturated carbocycles. The van der Waals surface area contributed by atoms with Crippen LogP contribution >= 0.6 is 0 Å². The molecule has 0 atom stereocenters. The van der Waals surface area contributed by atoms with Gasteiger partial charge in [-0.15, -0.1) is 0 Å². The molecule has 0 spiro atoms. The second-order valence-corrected chi connectivity index (χ2v) is 6.38. The molecule has 0 radical (unpaired) electrons. The van der Waals surface area contributed by atoms with Gasteiger partial charge in [-0.25, -0.2) is 0 Å². The van der Waals surface area contributed by atoms with Gasteiger partial charge in [0, 0.05) is 19.1 Å². The minimum Gasteiger partial charge on any atom is -0.356 e. The van der Waals surface area contributed by atoms with Crippen molar-refractivity contribution < 1.29 is 4.79 Å². The van der Waals surface area contributed by atoms with Gasteiger partial charge in [-0.05, 0) is 53.2 Å². The van der Waals surface area contributed by atoms with Gasteiger partial charge in [-0.2, -0.15) is 0 Å². The van der Waals surface area contributed by atoms with Crippen molar-refractivity contribution in [3.8, 4) is 0 Å². The number of unbranched alkanes of at least 4 members (excludes halogenated alkanes) is 1. The molecule has 0 bridgehead atoms. The highest BCUT2D eigenvalue weighted by atomic mass is 16.2. The van der Waals surface area contributed by atoms with Gasteiger partial charge in [0.05, 0.1) is 6.54 Å². The zero-order valence-electron chi connectivity index (χ0n) is 15.3. The van der Waals surface area contributed by atoms with E-state index in [1.807, 2.05) is 20.8 Å². The van der Waals surface area contributed by atoms with E-state index in [0.29, 0.717) is 5.96 Å². The van der Waals surface area contributed by atoms with E-state index in [9.17, 15) is 4.79 Å². The Kier molecular flexibility index (Phi) is 10.6. The van der Waals surface area contributed by atoms with Crippen LogP contribution in [0.1, 0.15) is 47.5 Å². The summed E-state index contributed by atoms with van der Waals surface area (Å²) in [5.74, 6) is 0.642. The van der Waals surface area contributed by atoms with Crippen LogP contribution in [0.2, 0.25) is 0 Å². The monoisotopic (exact) mass is 313 g/mol. The smallest absolute Gasteiger partial charge is 0.239 e. The van der Waals surface area contributed by atoms with Gasteiger partial charge in [0.25, 0.3) is 0 Å². The molecule has 0 rings (SSSR count). The third kappa shape index (κ3) is 11.4. The lowest BCUT2D eigenvalue weighted by Crippen LogP contribution is -2.48. The Labute approximate surface area is 136 Å². The van der Waals surface area contributed by atoms with Crippen LogP contribution in [0, 0.1) is 0 Å². The summed E-state index contributed by atoms with van der Waals surface area (Å²) in [6.07, 6.45) is 2.25. The maximum atomic E-state index is 11.7. The normalized spacial score (nSPS) is 12.4. The van der Waals surface area contributed by atoms with E-state index < -0.39 is 0 Å². The van der Waals surface area contributed by atoms with E-state index in [1.54, 1.807) is 7.05 Å². The molecular weight excluding hydrogens is 278 g/mol. The van der Waals surface area contributed by atoms with Crippen molar-refractivity contribution in [1.29, 1.82) is 0 Å². The Balaban J connectivity index is 3.83. The highest BCUT2D eigenvalue weighted by molar-refractivity contribution is 5.86. The van der Waals surface area contributed by atoms with Crippen molar-refractivity contribution in [2.45, 2.75) is 53.0 Å². The van der Waals surface area contributed by atoms with Crippen molar-refractivity contribution in [3.05, 3.63) is 0 Å². The van der Waals surface area contributed by atoms with E-state index in [2.05, 4.69) is 39.7 Å². The first-order valence-corrected chi connectivity index (χ1v) is 8.30. The van der Waals surface area contributed by atoms with Crippen molar-refractivity contribution in [2.75, 3.05) is 39.8 Å². The predicted octanol–water partition coefficient (Wildman–Crippen LogP) is 1.19. The molecule has 22 heavy (non-hydrogen) atoms. The van der Waals surface area contributed by atoms with Crippen molar-refractivity contribution in [3.63, 3.8) is 0 Å². The Morgan fingerprint density at radius 2 is 1.73 bits per heavy atom. The molecular formula is C16H35N5O. The molecule has 0 heterocycles. The molecule has 1 amide bonds. The molecule has 0 aliphatic carbocycles. The Hall–Kier alpha value is -1.30. The van der Waals surface area contributed by atoms with Gasteiger partial charge in [-0.3, -0.25) is 9.79 Å². The quantitative estimate of drug-likeness (QED) is 0.340. The van der Waals surface area contributed by atoms with E-state index in [1.165, 1.54) is 0 Å². The first-order valence-electron chi connectivity index (χ1n) is 8.30. The number of carbonyl (C=O) groups is 1. The summed E-state index contributed by atoms with van der Waals surface area (Å²) in [6.45, 7) is 14.7. The fourth-order valence-corrected chi connectivity index (χ4v) is 2.05. The zero-order chi connectivity index (χ0) is 17.0.